The summed E-state index contributed by atoms with van der Waals surface area (Å²) in [7, 11) is 0. The average molecular weight is 264 g/mol. The molecular formula is C13H20N4O2. The Balaban J connectivity index is 2.13. The summed E-state index contributed by atoms with van der Waals surface area (Å²) in [6.45, 7) is 5.05. The molecule has 6 heteroatoms. The number of rotatable bonds is 6. The van der Waals surface area contributed by atoms with E-state index in [1.165, 1.54) is 6.07 Å². The number of nitro groups is 1. The summed E-state index contributed by atoms with van der Waals surface area (Å²) in [6.07, 6.45) is 3.08. The summed E-state index contributed by atoms with van der Waals surface area (Å²) < 4.78 is 0. The number of anilines is 2. The predicted octanol–water partition coefficient (Wildman–Crippen LogP) is 3.02. The Labute approximate surface area is 112 Å². The molecule has 1 aromatic heterocycles. The Morgan fingerprint density at radius 3 is 2.79 bits per heavy atom. The molecule has 1 fully saturated rings. The molecule has 2 N–H and O–H groups in total. The first-order chi connectivity index (χ1) is 9.10. The van der Waals surface area contributed by atoms with Gasteiger partial charge in [-0.05, 0) is 31.2 Å². The molecule has 0 radical (unpaired) electrons. The summed E-state index contributed by atoms with van der Waals surface area (Å²) in [5.41, 5.74) is 0.0431. The standard InChI is InChI=1S/C13H20N4O2/c1-3-6-14-12-5-4-11(17(18)19)13(16-12)15-10-7-9(2)8-10/h4-5,9-10H,3,6-8H2,1-2H3,(H2,14,15,16). The molecule has 0 spiro atoms. The van der Waals surface area contributed by atoms with Crippen LogP contribution in [0.2, 0.25) is 0 Å². The zero-order valence-corrected chi connectivity index (χ0v) is 11.3. The van der Waals surface area contributed by atoms with E-state index in [0.29, 0.717) is 23.6 Å². The summed E-state index contributed by atoms with van der Waals surface area (Å²) in [5, 5.41) is 17.3. The normalized spacial score (nSPS) is 21.6. The quantitative estimate of drug-likeness (QED) is 0.609. The van der Waals surface area contributed by atoms with Crippen LogP contribution < -0.4 is 10.6 Å². The van der Waals surface area contributed by atoms with Gasteiger partial charge in [0.05, 0.1) is 4.92 Å². The second-order valence-corrected chi connectivity index (χ2v) is 5.17. The van der Waals surface area contributed by atoms with Crippen LogP contribution in [-0.2, 0) is 0 Å². The zero-order valence-electron chi connectivity index (χ0n) is 11.3. The maximum atomic E-state index is 11.0. The third-order valence-electron chi connectivity index (χ3n) is 3.34. The predicted molar refractivity (Wildman–Crippen MR) is 75.5 cm³/mol. The van der Waals surface area contributed by atoms with E-state index in [4.69, 9.17) is 0 Å². The lowest BCUT2D eigenvalue weighted by Crippen LogP contribution is -2.34. The number of aromatic nitrogens is 1. The molecule has 1 aromatic rings. The maximum absolute atomic E-state index is 11.0. The number of nitrogens with zero attached hydrogens (tertiary/aromatic N) is 2. The highest BCUT2D eigenvalue weighted by molar-refractivity contribution is 5.60. The van der Waals surface area contributed by atoms with Crippen LogP contribution in [0, 0.1) is 16.0 Å². The van der Waals surface area contributed by atoms with Crippen LogP contribution in [-0.4, -0.2) is 22.5 Å². The van der Waals surface area contributed by atoms with E-state index in [-0.39, 0.29) is 10.6 Å². The highest BCUT2D eigenvalue weighted by Crippen LogP contribution is 2.32. The fourth-order valence-corrected chi connectivity index (χ4v) is 2.27. The van der Waals surface area contributed by atoms with E-state index in [2.05, 4.69) is 29.5 Å². The molecule has 1 heterocycles. The van der Waals surface area contributed by atoms with E-state index in [1.807, 2.05) is 0 Å². The fourth-order valence-electron chi connectivity index (χ4n) is 2.27. The smallest absolute Gasteiger partial charge is 0.311 e. The lowest BCUT2D eigenvalue weighted by Gasteiger charge is -2.33. The number of pyridine rings is 1. The largest absolute Gasteiger partial charge is 0.370 e. The van der Waals surface area contributed by atoms with Gasteiger partial charge in [-0.25, -0.2) is 4.98 Å². The average Bonchev–Trinajstić information content (AvgIpc) is 2.34. The molecule has 1 aliphatic rings. The topological polar surface area (TPSA) is 80.1 Å². The van der Waals surface area contributed by atoms with Crippen LogP contribution in [0.15, 0.2) is 12.1 Å². The number of hydrogen-bond donors (Lipinski definition) is 2. The minimum atomic E-state index is -0.388. The second kappa shape index (κ2) is 5.86. The third-order valence-corrected chi connectivity index (χ3v) is 3.34. The summed E-state index contributed by atoms with van der Waals surface area (Å²) in [5.74, 6) is 1.75. The zero-order chi connectivity index (χ0) is 13.8. The Bertz CT molecular complexity index is 458. The molecule has 0 aliphatic heterocycles. The van der Waals surface area contributed by atoms with Gasteiger partial charge in [0, 0.05) is 18.7 Å². The van der Waals surface area contributed by atoms with E-state index < -0.39 is 0 Å². The first-order valence-electron chi connectivity index (χ1n) is 6.76. The van der Waals surface area contributed by atoms with Crippen LogP contribution in [0.4, 0.5) is 17.3 Å². The van der Waals surface area contributed by atoms with Gasteiger partial charge in [0.15, 0.2) is 0 Å². The van der Waals surface area contributed by atoms with E-state index in [0.717, 1.165) is 25.8 Å². The summed E-state index contributed by atoms with van der Waals surface area (Å²) in [6, 6.07) is 3.47. The van der Waals surface area contributed by atoms with Gasteiger partial charge in [0.25, 0.3) is 0 Å². The Morgan fingerprint density at radius 1 is 1.47 bits per heavy atom. The highest BCUT2D eigenvalue weighted by Gasteiger charge is 2.28. The van der Waals surface area contributed by atoms with Crippen LogP contribution in [0.1, 0.15) is 33.1 Å². The minimum absolute atomic E-state index is 0.0431. The summed E-state index contributed by atoms with van der Waals surface area (Å²) >= 11 is 0. The van der Waals surface area contributed by atoms with Gasteiger partial charge < -0.3 is 10.6 Å². The van der Waals surface area contributed by atoms with Crippen LogP contribution >= 0.6 is 0 Å². The van der Waals surface area contributed by atoms with Crippen molar-refractivity contribution in [2.45, 2.75) is 39.2 Å². The van der Waals surface area contributed by atoms with Crippen molar-refractivity contribution in [3.8, 4) is 0 Å². The molecule has 1 aliphatic carbocycles. The van der Waals surface area contributed by atoms with Crippen molar-refractivity contribution < 1.29 is 4.92 Å². The Morgan fingerprint density at radius 2 is 2.21 bits per heavy atom. The highest BCUT2D eigenvalue weighted by atomic mass is 16.6. The summed E-state index contributed by atoms with van der Waals surface area (Å²) in [4.78, 5) is 14.9. The molecule has 0 atom stereocenters. The van der Waals surface area contributed by atoms with Crippen molar-refractivity contribution in [3.63, 3.8) is 0 Å². The molecule has 1 saturated carbocycles. The van der Waals surface area contributed by atoms with Crippen molar-refractivity contribution in [2.75, 3.05) is 17.2 Å². The SMILES string of the molecule is CCCNc1ccc([N+](=O)[O-])c(NC2CC(C)C2)n1. The molecule has 0 unspecified atom stereocenters. The van der Waals surface area contributed by atoms with Crippen LogP contribution in [0.3, 0.4) is 0 Å². The molecule has 104 valence electrons. The molecule has 0 aromatic carbocycles. The fraction of sp³-hybridized carbons (Fsp3) is 0.615. The molecule has 2 rings (SSSR count). The molecule has 6 nitrogen and oxygen atoms in total. The maximum Gasteiger partial charge on any atom is 0.311 e. The van der Waals surface area contributed by atoms with E-state index in [1.54, 1.807) is 6.07 Å². The van der Waals surface area contributed by atoms with Crippen molar-refractivity contribution in [3.05, 3.63) is 22.2 Å². The van der Waals surface area contributed by atoms with Gasteiger partial charge in [-0.1, -0.05) is 13.8 Å². The first-order valence-corrected chi connectivity index (χ1v) is 6.76. The van der Waals surface area contributed by atoms with Gasteiger partial charge in [-0.3, -0.25) is 10.1 Å². The third kappa shape index (κ3) is 3.33. The molecule has 0 bridgehead atoms. The van der Waals surface area contributed by atoms with E-state index in [9.17, 15) is 10.1 Å². The van der Waals surface area contributed by atoms with Crippen LogP contribution in [0.5, 0.6) is 0 Å². The van der Waals surface area contributed by atoms with Crippen molar-refractivity contribution in [2.24, 2.45) is 5.92 Å². The lowest BCUT2D eigenvalue weighted by molar-refractivity contribution is -0.384. The van der Waals surface area contributed by atoms with Gasteiger partial charge in [-0.2, -0.15) is 0 Å². The first kappa shape index (κ1) is 13.6. The van der Waals surface area contributed by atoms with Crippen molar-refractivity contribution >= 4 is 17.3 Å². The molecule has 19 heavy (non-hydrogen) atoms. The van der Waals surface area contributed by atoms with E-state index >= 15 is 0 Å². The Hall–Kier alpha value is -1.85. The van der Waals surface area contributed by atoms with Crippen LogP contribution in [0.25, 0.3) is 0 Å². The van der Waals surface area contributed by atoms with Gasteiger partial charge in [-0.15, -0.1) is 0 Å². The monoisotopic (exact) mass is 264 g/mol. The number of nitrogens with one attached hydrogen (secondary N) is 2. The van der Waals surface area contributed by atoms with Gasteiger partial charge >= 0.3 is 5.69 Å². The van der Waals surface area contributed by atoms with Crippen molar-refractivity contribution in [1.29, 1.82) is 0 Å². The van der Waals surface area contributed by atoms with Crippen molar-refractivity contribution in [1.82, 2.24) is 4.98 Å². The number of hydrogen-bond acceptors (Lipinski definition) is 5. The molecule has 0 amide bonds. The minimum Gasteiger partial charge on any atom is -0.370 e. The lowest BCUT2D eigenvalue weighted by atomic mass is 9.82. The molecular weight excluding hydrogens is 244 g/mol. The molecule has 0 saturated heterocycles. The second-order valence-electron chi connectivity index (χ2n) is 5.17. The van der Waals surface area contributed by atoms with Gasteiger partial charge in [0.1, 0.15) is 5.82 Å². The van der Waals surface area contributed by atoms with Gasteiger partial charge in [0.2, 0.25) is 5.82 Å². The Kier molecular flexibility index (Phi) is 4.19.